The van der Waals surface area contributed by atoms with Gasteiger partial charge >= 0.3 is 11.8 Å². The molecule has 0 radical (unpaired) electrons. The number of anilines is 1. The number of likely N-dealkylation sites (N-methyl/N-ethyl adjacent to an activating group) is 1. The number of benzene rings is 2. The molecule has 0 aromatic heterocycles. The summed E-state index contributed by atoms with van der Waals surface area (Å²) >= 11 is 0. The highest BCUT2D eigenvalue weighted by Gasteiger charge is 2.50. The highest BCUT2D eigenvalue weighted by Crippen LogP contribution is 2.55. The van der Waals surface area contributed by atoms with Crippen LogP contribution in [0.15, 0.2) is 36.1 Å². The second kappa shape index (κ2) is 17.7. The van der Waals surface area contributed by atoms with Gasteiger partial charge in [0.2, 0.25) is 0 Å². The molecule has 2 aromatic carbocycles. The van der Waals surface area contributed by atoms with Crippen molar-refractivity contribution in [1.82, 2.24) is 9.80 Å². The number of aliphatic hydroxyl groups is 2. The molecule has 0 spiro atoms. The van der Waals surface area contributed by atoms with Crippen LogP contribution in [0.25, 0.3) is 10.8 Å². The lowest BCUT2D eigenvalue weighted by Crippen LogP contribution is -2.46. The van der Waals surface area contributed by atoms with Crippen molar-refractivity contribution in [2.75, 3.05) is 45.7 Å². The van der Waals surface area contributed by atoms with Gasteiger partial charge in [-0.15, -0.1) is 0 Å². The van der Waals surface area contributed by atoms with E-state index < -0.39 is 88.8 Å². The number of carbonyl (C=O) groups excluding carboxylic acids is 3. The first-order valence-electron chi connectivity index (χ1n) is 19.7. The molecule has 6 rings (SSSR count). The monoisotopic (exact) mass is 809 g/mol. The quantitative estimate of drug-likeness (QED) is 0.143. The lowest BCUT2D eigenvalue weighted by atomic mass is 9.78. The second-order valence-corrected chi connectivity index (χ2v) is 16.3. The number of esters is 1. The number of piperazine rings is 1. The molecular formula is C43H59N3O12. The minimum Gasteiger partial charge on any atom is -0.507 e. The molecule has 0 aliphatic carbocycles. The van der Waals surface area contributed by atoms with E-state index >= 15 is 0 Å². The average molecular weight is 810 g/mol. The molecule has 318 valence electrons. The summed E-state index contributed by atoms with van der Waals surface area (Å²) in [5, 5.41) is 60.9. The van der Waals surface area contributed by atoms with Gasteiger partial charge < -0.3 is 54.7 Å². The highest BCUT2D eigenvalue weighted by molar-refractivity contribution is 6.22. The molecule has 1 fully saturated rings. The van der Waals surface area contributed by atoms with E-state index in [1.165, 1.54) is 46.3 Å². The van der Waals surface area contributed by atoms with Crippen LogP contribution in [0.3, 0.4) is 0 Å². The van der Waals surface area contributed by atoms with E-state index in [0.717, 1.165) is 13.1 Å². The largest absolute Gasteiger partial charge is 0.507 e. The number of amides is 1. The van der Waals surface area contributed by atoms with Crippen LogP contribution >= 0.6 is 0 Å². The van der Waals surface area contributed by atoms with Gasteiger partial charge in [0.05, 0.1) is 41.2 Å². The number of phenolic OH excluding ortho intramolecular Hbond substituents is 3. The van der Waals surface area contributed by atoms with E-state index in [1.807, 2.05) is 11.9 Å². The third kappa shape index (κ3) is 8.55. The number of methoxy groups -OCH3 is 1. The molecule has 4 aliphatic rings. The Labute approximate surface area is 339 Å². The number of ether oxygens (including phenoxy) is 4. The summed E-state index contributed by atoms with van der Waals surface area (Å²) < 4.78 is 23.7. The minimum atomic E-state index is -2.01. The summed E-state index contributed by atoms with van der Waals surface area (Å²) in [6.45, 7) is 15.4. The average Bonchev–Trinajstić information content (AvgIpc) is 3.45. The van der Waals surface area contributed by atoms with Crippen LogP contribution in [0.4, 0.5) is 5.69 Å². The first-order valence-corrected chi connectivity index (χ1v) is 19.7. The Kier molecular flexibility index (Phi) is 13.5. The first-order chi connectivity index (χ1) is 27.2. The SMILES string of the molecule is CO[C@H]1/C=C\O[C@@]2(C)Oc3c(C)c(O)c4c(O)c(c(CN5CCN(C)CC5)c(O)c4c3C2=O)NC(=O)/C(C)=C\C=C/[C@H](C)[C@H](O)C(C)[C@@H](O)C(C)[C@H](OC(C)=O)[C@@H]1C. The number of fused-ring (bicyclic) bond motifs is 14. The van der Waals surface area contributed by atoms with Crippen molar-refractivity contribution in [3.63, 3.8) is 0 Å². The number of allylic oxidation sites excluding steroid dienone is 2. The lowest BCUT2D eigenvalue weighted by molar-refractivity contribution is -0.160. The van der Waals surface area contributed by atoms with Gasteiger partial charge in [0.15, 0.2) is 5.75 Å². The molecule has 2 aromatic rings. The predicted octanol–water partition coefficient (Wildman–Crippen LogP) is 4.50. The number of aromatic hydroxyl groups is 3. The van der Waals surface area contributed by atoms with Crippen LogP contribution in [0.1, 0.15) is 70.0 Å². The van der Waals surface area contributed by atoms with Gasteiger partial charge in [-0.1, -0.05) is 45.9 Å². The zero-order valence-corrected chi connectivity index (χ0v) is 35.0. The first kappa shape index (κ1) is 44.4. The van der Waals surface area contributed by atoms with E-state index in [2.05, 4.69) is 10.2 Å². The van der Waals surface area contributed by atoms with Crippen LogP contribution in [0.5, 0.6) is 23.0 Å². The Morgan fingerprint density at radius 3 is 2.21 bits per heavy atom. The minimum absolute atomic E-state index is 0.0565. The second-order valence-electron chi connectivity index (χ2n) is 16.3. The fourth-order valence-electron chi connectivity index (χ4n) is 8.17. The van der Waals surface area contributed by atoms with Crippen molar-refractivity contribution < 1.29 is 58.9 Å². The Bertz CT molecular complexity index is 2000. The maximum absolute atomic E-state index is 14.4. The van der Waals surface area contributed by atoms with E-state index in [-0.39, 0.29) is 51.0 Å². The fraction of sp³-hybridized carbons (Fsp3) is 0.558. The molecule has 4 heterocycles. The number of rotatable bonds is 4. The molecular weight excluding hydrogens is 750 g/mol. The van der Waals surface area contributed by atoms with Crippen molar-refractivity contribution in [3.05, 3.63) is 52.8 Å². The molecule has 5 bridgehead atoms. The van der Waals surface area contributed by atoms with E-state index in [4.69, 9.17) is 18.9 Å². The molecule has 4 aliphatic heterocycles. The third-order valence-electron chi connectivity index (χ3n) is 12.1. The van der Waals surface area contributed by atoms with Gasteiger partial charge in [-0.2, -0.15) is 0 Å². The summed E-state index contributed by atoms with van der Waals surface area (Å²) in [4.78, 5) is 44.7. The van der Waals surface area contributed by atoms with Crippen molar-refractivity contribution in [2.45, 2.75) is 92.1 Å². The molecule has 1 saturated heterocycles. The zero-order valence-electron chi connectivity index (χ0n) is 35.0. The molecule has 0 saturated carbocycles. The number of aliphatic hydroxyl groups excluding tert-OH is 2. The lowest BCUT2D eigenvalue weighted by Gasteiger charge is -2.38. The Morgan fingerprint density at radius 2 is 1.59 bits per heavy atom. The number of Topliss-reactive ketones (excluding diaryl/α,β-unsaturated/α-hetero) is 1. The Hall–Kier alpha value is -4.67. The van der Waals surface area contributed by atoms with E-state index in [9.17, 15) is 39.9 Å². The topological polar surface area (TPSA) is 208 Å². The van der Waals surface area contributed by atoms with Gasteiger partial charge in [0, 0.05) is 99.4 Å². The van der Waals surface area contributed by atoms with Crippen LogP contribution < -0.4 is 10.1 Å². The smallest absolute Gasteiger partial charge is 0.312 e. The van der Waals surface area contributed by atoms with Gasteiger partial charge in [0.1, 0.15) is 23.4 Å². The molecule has 1 amide bonds. The number of ketones is 1. The number of phenols is 3. The molecule has 2 unspecified atom stereocenters. The van der Waals surface area contributed by atoms with Crippen molar-refractivity contribution in [1.29, 1.82) is 0 Å². The number of nitrogens with one attached hydrogen (secondary N) is 1. The van der Waals surface area contributed by atoms with Crippen molar-refractivity contribution in [3.8, 4) is 23.0 Å². The molecule has 15 nitrogen and oxygen atoms in total. The summed E-state index contributed by atoms with van der Waals surface area (Å²) in [5.41, 5.74) is 0.176. The van der Waals surface area contributed by atoms with Gasteiger partial charge in [-0.3, -0.25) is 19.3 Å². The molecule has 9 atom stereocenters. The Morgan fingerprint density at radius 1 is 0.931 bits per heavy atom. The van der Waals surface area contributed by atoms with Crippen LogP contribution in [-0.4, -0.2) is 124 Å². The van der Waals surface area contributed by atoms with Gasteiger partial charge in [0.25, 0.3) is 11.7 Å². The summed E-state index contributed by atoms with van der Waals surface area (Å²) in [7, 11) is 3.44. The maximum Gasteiger partial charge on any atom is 0.312 e. The fourth-order valence-corrected chi connectivity index (χ4v) is 8.17. The normalized spacial score (nSPS) is 32.6. The van der Waals surface area contributed by atoms with Crippen LogP contribution in [0, 0.1) is 30.6 Å². The maximum atomic E-state index is 14.4. The number of nitrogens with zero attached hydrogens (tertiary/aromatic N) is 2. The van der Waals surface area contributed by atoms with E-state index in [0.29, 0.717) is 13.1 Å². The zero-order chi connectivity index (χ0) is 43.0. The molecule has 6 N–H and O–H groups in total. The van der Waals surface area contributed by atoms with E-state index in [1.54, 1.807) is 46.8 Å². The number of hydrogen-bond acceptors (Lipinski definition) is 14. The third-order valence-corrected chi connectivity index (χ3v) is 12.1. The summed E-state index contributed by atoms with van der Waals surface area (Å²) in [5.74, 6) is -7.86. The standard InChI is InChI=1S/C43H59N3O12/c1-21-12-11-13-22(2)42(54)44-33-28(20-46-17-15-45(9)16-18-46)37(51)30-31(38(33)52)36(50)26(6)40-32(30)41(53)43(8,58-40)56-19-14-29(55-10)23(3)39(57-27(7)47)25(5)35(49)24(4)34(21)48/h11-14,19,21,23-25,29,34-35,39,48-52H,15-18,20H2,1-10H3,(H,44,54)/b12-11-,19-14-,22-13-/t21-,23+,24?,25?,29-,34-,35+,39+,43-/m0/s1. The van der Waals surface area contributed by atoms with Crippen molar-refractivity contribution in [2.24, 2.45) is 23.7 Å². The van der Waals surface area contributed by atoms with Crippen LogP contribution in [-0.2, 0) is 30.3 Å². The highest BCUT2D eigenvalue weighted by atomic mass is 16.7. The molecule has 58 heavy (non-hydrogen) atoms. The van der Waals surface area contributed by atoms with Gasteiger partial charge in [-0.05, 0) is 27.0 Å². The summed E-state index contributed by atoms with van der Waals surface area (Å²) in [6, 6.07) is 0. The Balaban J connectivity index is 1.70. The summed E-state index contributed by atoms with van der Waals surface area (Å²) in [6.07, 6.45) is 3.73. The predicted molar refractivity (Wildman–Crippen MR) is 217 cm³/mol. The molecule has 15 heteroatoms. The van der Waals surface area contributed by atoms with Crippen molar-refractivity contribution >= 4 is 34.1 Å². The van der Waals surface area contributed by atoms with Crippen LogP contribution in [0.2, 0.25) is 0 Å². The van der Waals surface area contributed by atoms with Gasteiger partial charge in [-0.25, -0.2) is 0 Å². The number of carbonyl (C=O) groups is 3. The number of hydrogen-bond donors (Lipinski definition) is 6.